The molecule has 13 heavy (non-hydrogen) atoms. The summed E-state index contributed by atoms with van der Waals surface area (Å²) < 4.78 is 0. The minimum atomic E-state index is -0.348. The average molecular weight is 190 g/mol. The van der Waals surface area contributed by atoms with Gasteiger partial charge in [-0.3, -0.25) is 9.59 Å². The van der Waals surface area contributed by atoms with E-state index < -0.39 is 0 Å². The Kier molecular flexibility index (Phi) is 13.0. The molecule has 4 heteroatoms. The Balaban J connectivity index is -0.000000500. The molecule has 0 atom stereocenters. The Morgan fingerprint density at radius 1 is 1.15 bits per heavy atom. The number of Topliss-reactive ketones (excluding diaryl/α,β-unsaturated/α-hetero) is 2. The van der Waals surface area contributed by atoms with Crippen molar-refractivity contribution in [3.8, 4) is 0 Å². The molecule has 0 rings (SSSR count). The fourth-order valence-electron chi connectivity index (χ4n) is 0.749. The first kappa shape index (κ1) is 18.1. The van der Waals surface area contributed by atoms with Gasteiger partial charge in [-0.2, -0.15) is 0 Å². The lowest BCUT2D eigenvalue weighted by Gasteiger charge is -2.08. The molecule has 0 aromatic carbocycles. The standard InChI is InChI=1S/C7H14N2O2.2CH4/c1-5(10)2-7(11)6(3-8)4-9;;/h6H,2-4,8-9H2,1H3;2*1H4. The lowest BCUT2D eigenvalue weighted by atomic mass is 10.0. The van der Waals surface area contributed by atoms with Gasteiger partial charge in [-0.25, -0.2) is 0 Å². The van der Waals surface area contributed by atoms with Gasteiger partial charge >= 0.3 is 0 Å². The van der Waals surface area contributed by atoms with E-state index in [-0.39, 0.29) is 51.8 Å². The van der Waals surface area contributed by atoms with E-state index in [0.29, 0.717) is 0 Å². The van der Waals surface area contributed by atoms with Crippen LogP contribution in [-0.2, 0) is 9.59 Å². The largest absolute Gasteiger partial charge is 0.330 e. The van der Waals surface area contributed by atoms with Crippen molar-refractivity contribution in [1.82, 2.24) is 0 Å². The van der Waals surface area contributed by atoms with Crippen LogP contribution in [0.5, 0.6) is 0 Å². The third-order valence-corrected chi connectivity index (χ3v) is 1.45. The zero-order valence-electron chi connectivity index (χ0n) is 6.67. The highest BCUT2D eigenvalue weighted by Gasteiger charge is 2.15. The molecule has 0 aromatic heterocycles. The summed E-state index contributed by atoms with van der Waals surface area (Å²) in [5.74, 6) is -0.636. The molecule has 0 amide bonds. The second kappa shape index (κ2) is 9.35. The second-order valence-corrected chi connectivity index (χ2v) is 2.51. The van der Waals surface area contributed by atoms with Crippen LogP contribution in [-0.4, -0.2) is 24.7 Å². The van der Waals surface area contributed by atoms with Crippen LogP contribution in [0.2, 0.25) is 0 Å². The summed E-state index contributed by atoms with van der Waals surface area (Å²) in [5.41, 5.74) is 10.5. The molecule has 4 N–H and O–H groups in total. The van der Waals surface area contributed by atoms with Crippen LogP contribution in [0, 0.1) is 5.92 Å². The summed E-state index contributed by atoms with van der Waals surface area (Å²) in [7, 11) is 0. The molecule has 0 saturated heterocycles. The molecule has 0 fully saturated rings. The monoisotopic (exact) mass is 190 g/mol. The minimum Gasteiger partial charge on any atom is -0.330 e. The van der Waals surface area contributed by atoms with Crippen molar-refractivity contribution in [2.24, 2.45) is 17.4 Å². The van der Waals surface area contributed by atoms with Crippen LogP contribution >= 0.6 is 0 Å². The molecule has 0 aliphatic heterocycles. The van der Waals surface area contributed by atoms with Crippen molar-refractivity contribution in [3.63, 3.8) is 0 Å². The zero-order valence-corrected chi connectivity index (χ0v) is 6.67. The maximum absolute atomic E-state index is 11.0. The number of carbonyl (C=O) groups excluding carboxylic acids is 2. The quantitative estimate of drug-likeness (QED) is 0.612. The third kappa shape index (κ3) is 7.62. The van der Waals surface area contributed by atoms with Crippen LogP contribution in [0.3, 0.4) is 0 Å². The van der Waals surface area contributed by atoms with E-state index in [1.807, 2.05) is 0 Å². The van der Waals surface area contributed by atoms with E-state index in [1.54, 1.807) is 0 Å². The van der Waals surface area contributed by atoms with E-state index in [9.17, 15) is 9.59 Å². The molecule has 0 aliphatic carbocycles. The molecule has 0 bridgehead atoms. The number of carbonyl (C=O) groups is 2. The molecule has 0 radical (unpaired) electrons. The van der Waals surface area contributed by atoms with Crippen molar-refractivity contribution < 1.29 is 9.59 Å². The summed E-state index contributed by atoms with van der Waals surface area (Å²) in [6, 6.07) is 0. The van der Waals surface area contributed by atoms with Crippen molar-refractivity contribution in [2.75, 3.05) is 13.1 Å². The number of hydrogen-bond acceptors (Lipinski definition) is 4. The van der Waals surface area contributed by atoms with Crippen LogP contribution < -0.4 is 11.5 Å². The molecule has 0 aromatic rings. The first-order valence-corrected chi connectivity index (χ1v) is 3.54. The van der Waals surface area contributed by atoms with Crippen LogP contribution in [0.25, 0.3) is 0 Å². The Hall–Kier alpha value is -0.740. The Labute approximate surface area is 80.7 Å². The predicted octanol–water partition coefficient (Wildman–Crippen LogP) is 0.340. The van der Waals surface area contributed by atoms with Gasteiger partial charge in [-0.1, -0.05) is 14.9 Å². The van der Waals surface area contributed by atoms with E-state index in [0.717, 1.165) is 0 Å². The van der Waals surface area contributed by atoms with E-state index >= 15 is 0 Å². The normalized spacial score (nSPS) is 8.62. The van der Waals surface area contributed by atoms with E-state index in [4.69, 9.17) is 11.5 Å². The van der Waals surface area contributed by atoms with Crippen LogP contribution in [0.1, 0.15) is 28.2 Å². The molecular formula is C9H22N2O2. The molecule has 0 saturated carbocycles. The smallest absolute Gasteiger partial charge is 0.145 e. The highest BCUT2D eigenvalue weighted by molar-refractivity contribution is 5.99. The number of rotatable bonds is 5. The highest BCUT2D eigenvalue weighted by Crippen LogP contribution is 1.97. The van der Waals surface area contributed by atoms with Gasteiger partial charge in [0, 0.05) is 19.0 Å². The fraction of sp³-hybridized carbons (Fsp3) is 0.778. The molecule has 0 aliphatic rings. The van der Waals surface area contributed by atoms with Crippen molar-refractivity contribution in [1.29, 1.82) is 0 Å². The van der Waals surface area contributed by atoms with Crippen molar-refractivity contribution in [2.45, 2.75) is 28.2 Å². The van der Waals surface area contributed by atoms with Gasteiger partial charge in [0.1, 0.15) is 11.6 Å². The lowest BCUT2D eigenvalue weighted by Crippen LogP contribution is -2.31. The predicted molar refractivity (Wildman–Crippen MR) is 55.4 cm³/mol. The maximum Gasteiger partial charge on any atom is 0.145 e. The van der Waals surface area contributed by atoms with Gasteiger partial charge in [-0.15, -0.1) is 0 Å². The third-order valence-electron chi connectivity index (χ3n) is 1.45. The minimum absolute atomic E-state index is 0. The van der Waals surface area contributed by atoms with Gasteiger partial charge in [0.15, 0.2) is 0 Å². The molecule has 80 valence electrons. The average Bonchev–Trinajstić information content (AvgIpc) is 1.88. The van der Waals surface area contributed by atoms with Gasteiger partial charge in [0.25, 0.3) is 0 Å². The number of nitrogens with two attached hydrogens (primary N) is 2. The Morgan fingerprint density at radius 3 is 1.77 bits per heavy atom. The first-order chi connectivity index (χ1) is 5.11. The van der Waals surface area contributed by atoms with Gasteiger partial charge in [-0.05, 0) is 6.92 Å². The highest BCUT2D eigenvalue weighted by atomic mass is 16.1. The van der Waals surface area contributed by atoms with E-state index in [2.05, 4.69) is 0 Å². The first-order valence-electron chi connectivity index (χ1n) is 3.54. The molecule has 4 nitrogen and oxygen atoms in total. The summed E-state index contributed by atoms with van der Waals surface area (Å²) in [6.07, 6.45) is -0.0426. The number of ketones is 2. The summed E-state index contributed by atoms with van der Waals surface area (Å²) in [5, 5.41) is 0. The molecule has 0 spiro atoms. The fourth-order valence-corrected chi connectivity index (χ4v) is 0.749. The second-order valence-electron chi connectivity index (χ2n) is 2.51. The van der Waals surface area contributed by atoms with Gasteiger partial charge in [0.05, 0.1) is 6.42 Å². The number of hydrogen-bond donors (Lipinski definition) is 2. The van der Waals surface area contributed by atoms with Gasteiger partial charge in [0.2, 0.25) is 0 Å². The lowest BCUT2D eigenvalue weighted by molar-refractivity contribution is -0.127. The molecule has 0 unspecified atom stereocenters. The Bertz CT molecular complexity index is 154. The topological polar surface area (TPSA) is 86.2 Å². The Morgan fingerprint density at radius 2 is 1.54 bits per heavy atom. The van der Waals surface area contributed by atoms with Crippen LogP contribution in [0.4, 0.5) is 0 Å². The summed E-state index contributed by atoms with van der Waals surface area (Å²) in [6.45, 7) is 1.83. The maximum atomic E-state index is 11.0. The summed E-state index contributed by atoms with van der Waals surface area (Å²) in [4.78, 5) is 21.5. The SMILES string of the molecule is C.C.CC(=O)CC(=O)C(CN)CN. The van der Waals surface area contributed by atoms with Crippen molar-refractivity contribution >= 4 is 11.6 Å². The van der Waals surface area contributed by atoms with Gasteiger partial charge < -0.3 is 11.5 Å². The molecule has 0 heterocycles. The summed E-state index contributed by atoms with van der Waals surface area (Å²) >= 11 is 0. The molecular weight excluding hydrogens is 168 g/mol. The van der Waals surface area contributed by atoms with Crippen molar-refractivity contribution in [3.05, 3.63) is 0 Å². The van der Waals surface area contributed by atoms with Crippen LogP contribution in [0.15, 0.2) is 0 Å². The van der Waals surface area contributed by atoms with E-state index in [1.165, 1.54) is 6.92 Å². The zero-order chi connectivity index (χ0) is 8.85.